The van der Waals surface area contributed by atoms with E-state index in [1.165, 1.54) is 13.0 Å². The Bertz CT molecular complexity index is 554. The van der Waals surface area contributed by atoms with Crippen LogP contribution in [0, 0.1) is 0 Å². The molecule has 0 N–H and O–H groups in total. The van der Waals surface area contributed by atoms with Crippen LogP contribution in [0.2, 0.25) is 0 Å². The Labute approximate surface area is 117 Å². The molecule has 20 heavy (non-hydrogen) atoms. The summed E-state index contributed by atoms with van der Waals surface area (Å²) < 4.78 is 11.1. The maximum Gasteiger partial charge on any atom is 0.363 e. The average molecular weight is 272 g/mol. The summed E-state index contributed by atoms with van der Waals surface area (Å²) >= 11 is 0. The lowest BCUT2D eigenvalue weighted by molar-refractivity contribution is -0.246. The van der Waals surface area contributed by atoms with Crippen molar-refractivity contribution in [1.29, 1.82) is 0 Å². The van der Waals surface area contributed by atoms with Gasteiger partial charge in [0.05, 0.1) is 13.2 Å². The summed E-state index contributed by atoms with van der Waals surface area (Å²) in [4.78, 5) is 15.0. The molecule has 1 aromatic rings. The highest BCUT2D eigenvalue weighted by molar-refractivity contribution is 6.44. The van der Waals surface area contributed by atoms with Gasteiger partial charge in [-0.25, -0.2) is 0 Å². The molecule has 1 aliphatic heterocycles. The maximum absolute atomic E-state index is 12.1. The SMILES string of the molecule is C=CC(=[N+]=[N-])C(=O)C1(C)OCC(c2ccccc2)CO1. The van der Waals surface area contributed by atoms with Gasteiger partial charge >= 0.3 is 11.5 Å². The molecule has 0 aromatic heterocycles. The van der Waals surface area contributed by atoms with Gasteiger partial charge in [0.25, 0.3) is 0 Å². The largest absolute Gasteiger partial charge is 0.363 e. The van der Waals surface area contributed by atoms with E-state index >= 15 is 0 Å². The molecule has 2 rings (SSSR count). The van der Waals surface area contributed by atoms with E-state index in [-0.39, 0.29) is 11.6 Å². The van der Waals surface area contributed by atoms with Crippen LogP contribution in [0.25, 0.3) is 5.53 Å². The van der Waals surface area contributed by atoms with Crippen molar-refractivity contribution in [3.8, 4) is 0 Å². The van der Waals surface area contributed by atoms with Crippen LogP contribution in [0.1, 0.15) is 18.4 Å². The first kappa shape index (κ1) is 14.3. The van der Waals surface area contributed by atoms with Gasteiger partial charge in [-0.3, -0.25) is 4.79 Å². The number of allylic oxidation sites excluding steroid dienone is 1. The highest BCUT2D eigenvalue weighted by Gasteiger charge is 2.45. The lowest BCUT2D eigenvalue weighted by Gasteiger charge is -2.35. The molecule has 1 aromatic carbocycles. The lowest BCUT2D eigenvalue weighted by Crippen LogP contribution is -2.50. The lowest BCUT2D eigenvalue weighted by atomic mass is 9.98. The number of ketones is 1. The van der Waals surface area contributed by atoms with Crippen molar-refractivity contribution < 1.29 is 19.1 Å². The van der Waals surface area contributed by atoms with Crippen molar-refractivity contribution in [2.45, 2.75) is 18.6 Å². The molecule has 0 aliphatic carbocycles. The van der Waals surface area contributed by atoms with E-state index in [1.807, 2.05) is 30.3 Å². The predicted octanol–water partition coefficient (Wildman–Crippen LogP) is 1.96. The highest BCUT2D eigenvalue weighted by Crippen LogP contribution is 2.28. The van der Waals surface area contributed by atoms with E-state index in [0.717, 1.165) is 5.56 Å². The summed E-state index contributed by atoms with van der Waals surface area (Å²) in [5.41, 5.74) is 9.68. The van der Waals surface area contributed by atoms with E-state index in [2.05, 4.69) is 11.4 Å². The van der Waals surface area contributed by atoms with Crippen LogP contribution < -0.4 is 0 Å². The Morgan fingerprint density at radius 2 is 2.00 bits per heavy atom. The minimum atomic E-state index is -1.43. The van der Waals surface area contributed by atoms with Gasteiger partial charge in [0.1, 0.15) is 0 Å². The maximum atomic E-state index is 12.1. The first-order valence-corrected chi connectivity index (χ1v) is 6.33. The normalized spacial score (nSPS) is 25.6. The second-order valence-electron chi connectivity index (χ2n) is 4.69. The van der Waals surface area contributed by atoms with E-state index < -0.39 is 11.6 Å². The summed E-state index contributed by atoms with van der Waals surface area (Å²) in [5, 5.41) is 0. The zero-order chi connectivity index (χ0) is 14.6. The third-order valence-corrected chi connectivity index (χ3v) is 3.34. The van der Waals surface area contributed by atoms with Gasteiger partial charge in [0.15, 0.2) is 0 Å². The Morgan fingerprint density at radius 1 is 1.40 bits per heavy atom. The molecule has 5 nitrogen and oxygen atoms in total. The molecule has 0 amide bonds. The van der Waals surface area contributed by atoms with Crippen LogP contribution in [0.5, 0.6) is 0 Å². The fraction of sp³-hybridized carbons (Fsp3) is 0.333. The summed E-state index contributed by atoms with van der Waals surface area (Å²) in [6.07, 6.45) is 1.17. The Hall–Kier alpha value is -2.07. The first-order chi connectivity index (χ1) is 9.60. The van der Waals surface area contributed by atoms with Gasteiger partial charge in [-0.1, -0.05) is 36.9 Å². The van der Waals surface area contributed by atoms with Crippen molar-refractivity contribution in [1.82, 2.24) is 0 Å². The molecular weight excluding hydrogens is 256 g/mol. The number of Topliss-reactive ketones (excluding diaryl/α,β-unsaturated/α-hetero) is 1. The monoisotopic (exact) mass is 272 g/mol. The summed E-state index contributed by atoms with van der Waals surface area (Å²) in [6.45, 7) is 5.66. The van der Waals surface area contributed by atoms with E-state index in [0.29, 0.717) is 13.2 Å². The van der Waals surface area contributed by atoms with Crippen molar-refractivity contribution in [3.63, 3.8) is 0 Å². The van der Waals surface area contributed by atoms with Gasteiger partial charge in [-0.05, 0) is 12.5 Å². The van der Waals surface area contributed by atoms with Crippen molar-refractivity contribution in [2.75, 3.05) is 13.2 Å². The average Bonchev–Trinajstić information content (AvgIpc) is 2.50. The topological polar surface area (TPSA) is 71.9 Å². The number of nitrogens with zero attached hydrogens (tertiary/aromatic N) is 2. The fourth-order valence-electron chi connectivity index (χ4n) is 2.07. The molecule has 0 spiro atoms. The second-order valence-corrected chi connectivity index (χ2v) is 4.69. The molecule has 5 heteroatoms. The molecule has 0 unspecified atom stereocenters. The fourth-order valence-corrected chi connectivity index (χ4v) is 2.07. The first-order valence-electron chi connectivity index (χ1n) is 6.33. The summed E-state index contributed by atoms with van der Waals surface area (Å²) in [7, 11) is 0. The van der Waals surface area contributed by atoms with Gasteiger partial charge in [-0.2, -0.15) is 4.79 Å². The minimum absolute atomic E-state index is 0.0790. The van der Waals surface area contributed by atoms with E-state index in [1.54, 1.807) is 0 Å². The smallest absolute Gasteiger partial charge is 0.361 e. The second kappa shape index (κ2) is 5.92. The van der Waals surface area contributed by atoms with Crippen LogP contribution in [0.4, 0.5) is 0 Å². The van der Waals surface area contributed by atoms with Gasteiger partial charge in [-0.15, -0.1) is 0 Å². The number of benzene rings is 1. The standard InChI is InChI=1S/C15H16N2O3/c1-3-13(17-16)14(18)15(2)19-9-12(10-20-15)11-7-5-4-6-8-11/h3-8,12H,1,9-10H2,2H3. The number of rotatable bonds is 4. The molecule has 104 valence electrons. The molecule has 1 heterocycles. The number of hydrogen-bond acceptors (Lipinski definition) is 3. The molecule has 1 fully saturated rings. The van der Waals surface area contributed by atoms with Gasteiger partial charge in [0.2, 0.25) is 5.79 Å². The molecule has 0 saturated carbocycles. The zero-order valence-corrected chi connectivity index (χ0v) is 11.3. The summed E-state index contributed by atoms with van der Waals surface area (Å²) in [5.74, 6) is -1.89. The third kappa shape index (κ3) is 2.75. The Balaban J connectivity index is 2.09. The molecule has 1 aliphatic rings. The molecule has 0 atom stereocenters. The van der Waals surface area contributed by atoms with Crippen molar-refractivity contribution in [3.05, 3.63) is 54.1 Å². The number of hydrogen-bond donors (Lipinski definition) is 0. The van der Waals surface area contributed by atoms with E-state index in [4.69, 9.17) is 15.0 Å². The molecule has 1 saturated heterocycles. The number of carbonyl (C=O) groups excluding carboxylic acids is 1. The Morgan fingerprint density at radius 3 is 2.50 bits per heavy atom. The molecule has 0 bridgehead atoms. The van der Waals surface area contributed by atoms with Crippen molar-refractivity contribution >= 4 is 11.5 Å². The molecule has 0 radical (unpaired) electrons. The Kier molecular flexibility index (Phi) is 4.25. The van der Waals surface area contributed by atoms with Crippen molar-refractivity contribution in [2.24, 2.45) is 0 Å². The van der Waals surface area contributed by atoms with Crippen LogP contribution in [-0.4, -0.2) is 35.3 Å². The number of ether oxygens (including phenoxy) is 2. The molecular formula is C15H16N2O3. The highest BCUT2D eigenvalue weighted by atomic mass is 16.7. The van der Waals surface area contributed by atoms with Gasteiger partial charge < -0.3 is 15.0 Å². The third-order valence-electron chi connectivity index (χ3n) is 3.34. The minimum Gasteiger partial charge on any atom is -0.361 e. The van der Waals surface area contributed by atoms with Crippen LogP contribution in [-0.2, 0) is 14.3 Å². The van der Waals surface area contributed by atoms with Gasteiger partial charge in [0, 0.05) is 12.0 Å². The van der Waals surface area contributed by atoms with E-state index in [9.17, 15) is 4.79 Å². The summed E-state index contributed by atoms with van der Waals surface area (Å²) in [6, 6.07) is 9.82. The quantitative estimate of drug-likeness (QED) is 0.478. The predicted molar refractivity (Wildman–Crippen MR) is 73.3 cm³/mol. The van der Waals surface area contributed by atoms with Crippen LogP contribution in [0.15, 0.2) is 43.0 Å². The van der Waals surface area contributed by atoms with Crippen LogP contribution in [0.3, 0.4) is 0 Å². The number of carbonyl (C=O) groups is 1. The zero-order valence-electron chi connectivity index (χ0n) is 11.3. The van der Waals surface area contributed by atoms with Crippen LogP contribution >= 0.6 is 0 Å².